The quantitative estimate of drug-likeness (QED) is 0.862. The van der Waals surface area contributed by atoms with Crippen molar-refractivity contribution in [3.63, 3.8) is 0 Å². The van der Waals surface area contributed by atoms with Crippen molar-refractivity contribution < 1.29 is 18.0 Å². The molecule has 2 aromatic rings. The number of carbonyl (C=O) groups is 1. The van der Waals surface area contributed by atoms with Gasteiger partial charge in [0.15, 0.2) is 6.29 Å². The fourth-order valence-corrected chi connectivity index (χ4v) is 1.60. The van der Waals surface area contributed by atoms with E-state index in [1.807, 2.05) is 0 Å². The minimum Gasteiger partial charge on any atom is -0.354 e. The molecule has 0 saturated carbocycles. The zero-order valence-corrected chi connectivity index (χ0v) is 9.61. The largest absolute Gasteiger partial charge is 0.418 e. The SMILES string of the molecule is O=Cc1cnccc1Nc1ccccc1C(F)(F)F. The van der Waals surface area contributed by atoms with Crippen molar-refractivity contribution in [1.82, 2.24) is 4.98 Å². The van der Waals surface area contributed by atoms with Crippen LogP contribution in [0.3, 0.4) is 0 Å². The molecule has 0 fully saturated rings. The number of benzene rings is 1. The molecule has 0 aliphatic heterocycles. The second kappa shape index (κ2) is 5.09. The average Bonchev–Trinajstić information content (AvgIpc) is 2.39. The van der Waals surface area contributed by atoms with Crippen LogP contribution in [0.15, 0.2) is 42.7 Å². The summed E-state index contributed by atoms with van der Waals surface area (Å²) in [5.74, 6) is 0. The second-order valence-corrected chi connectivity index (χ2v) is 3.75. The summed E-state index contributed by atoms with van der Waals surface area (Å²) in [7, 11) is 0. The summed E-state index contributed by atoms with van der Waals surface area (Å²) >= 11 is 0. The summed E-state index contributed by atoms with van der Waals surface area (Å²) in [4.78, 5) is 14.5. The third kappa shape index (κ3) is 2.90. The Morgan fingerprint density at radius 1 is 1.11 bits per heavy atom. The smallest absolute Gasteiger partial charge is 0.354 e. The van der Waals surface area contributed by atoms with Gasteiger partial charge in [-0.3, -0.25) is 9.78 Å². The van der Waals surface area contributed by atoms with Gasteiger partial charge in [0.05, 0.1) is 22.5 Å². The summed E-state index contributed by atoms with van der Waals surface area (Å²) in [5, 5.41) is 2.61. The van der Waals surface area contributed by atoms with Crippen LogP contribution in [0.2, 0.25) is 0 Å². The highest BCUT2D eigenvalue weighted by Crippen LogP contribution is 2.36. The van der Waals surface area contributed by atoms with E-state index < -0.39 is 11.7 Å². The maximum absolute atomic E-state index is 12.8. The van der Waals surface area contributed by atoms with Crippen LogP contribution in [-0.2, 0) is 6.18 Å². The Labute approximate surface area is 107 Å². The molecule has 19 heavy (non-hydrogen) atoms. The maximum Gasteiger partial charge on any atom is 0.418 e. The molecule has 0 spiro atoms. The first kappa shape index (κ1) is 13.1. The second-order valence-electron chi connectivity index (χ2n) is 3.75. The number of nitrogens with zero attached hydrogens (tertiary/aromatic N) is 1. The van der Waals surface area contributed by atoms with E-state index in [1.54, 1.807) is 0 Å². The van der Waals surface area contributed by atoms with Crippen LogP contribution in [0.5, 0.6) is 0 Å². The normalized spacial score (nSPS) is 11.1. The Morgan fingerprint density at radius 3 is 2.53 bits per heavy atom. The van der Waals surface area contributed by atoms with Crippen LogP contribution in [-0.4, -0.2) is 11.3 Å². The summed E-state index contributed by atoms with van der Waals surface area (Å²) in [6.45, 7) is 0. The Hall–Kier alpha value is -2.37. The molecular formula is C13H9F3N2O. The number of halogens is 3. The van der Waals surface area contributed by atoms with E-state index in [2.05, 4.69) is 10.3 Å². The van der Waals surface area contributed by atoms with Crippen LogP contribution in [0.4, 0.5) is 24.5 Å². The Kier molecular flexibility index (Phi) is 3.50. The summed E-state index contributed by atoms with van der Waals surface area (Å²) < 4.78 is 38.4. The van der Waals surface area contributed by atoms with Crippen molar-refractivity contribution in [3.05, 3.63) is 53.9 Å². The van der Waals surface area contributed by atoms with Crippen LogP contribution < -0.4 is 5.32 Å². The van der Waals surface area contributed by atoms with Crippen molar-refractivity contribution in [3.8, 4) is 0 Å². The van der Waals surface area contributed by atoms with Gasteiger partial charge in [-0.2, -0.15) is 13.2 Å². The van der Waals surface area contributed by atoms with Crippen molar-refractivity contribution >= 4 is 17.7 Å². The first-order valence-electron chi connectivity index (χ1n) is 5.35. The lowest BCUT2D eigenvalue weighted by Crippen LogP contribution is -2.09. The molecular weight excluding hydrogens is 257 g/mol. The molecule has 1 N–H and O–H groups in total. The van der Waals surface area contributed by atoms with E-state index in [9.17, 15) is 18.0 Å². The van der Waals surface area contributed by atoms with Gasteiger partial charge in [0, 0.05) is 12.4 Å². The number of rotatable bonds is 3. The van der Waals surface area contributed by atoms with Gasteiger partial charge >= 0.3 is 6.18 Å². The van der Waals surface area contributed by atoms with Crippen LogP contribution >= 0.6 is 0 Å². The number of hydrogen-bond acceptors (Lipinski definition) is 3. The Balaban J connectivity index is 2.42. The van der Waals surface area contributed by atoms with Gasteiger partial charge < -0.3 is 5.32 Å². The lowest BCUT2D eigenvalue weighted by atomic mass is 10.1. The van der Waals surface area contributed by atoms with Crippen LogP contribution in [0.1, 0.15) is 15.9 Å². The molecule has 0 unspecified atom stereocenters. The maximum atomic E-state index is 12.8. The van der Waals surface area contributed by atoms with Gasteiger partial charge in [-0.05, 0) is 18.2 Å². The van der Waals surface area contributed by atoms with Crippen LogP contribution in [0, 0.1) is 0 Å². The summed E-state index contributed by atoms with van der Waals surface area (Å²) in [6, 6.07) is 6.51. The highest BCUT2D eigenvalue weighted by atomic mass is 19.4. The monoisotopic (exact) mass is 266 g/mol. The number of aromatic nitrogens is 1. The van der Waals surface area contributed by atoms with Gasteiger partial charge in [0.1, 0.15) is 0 Å². The standard InChI is InChI=1S/C13H9F3N2O/c14-13(15,16)10-3-1-2-4-12(10)18-11-5-6-17-7-9(11)8-19/h1-8H,(H,17,18). The molecule has 6 heteroatoms. The number of hydrogen-bond donors (Lipinski definition) is 1. The van der Waals surface area contributed by atoms with Gasteiger partial charge in [0.2, 0.25) is 0 Å². The molecule has 2 rings (SSSR count). The van der Waals surface area contributed by atoms with E-state index in [0.717, 1.165) is 6.07 Å². The lowest BCUT2D eigenvalue weighted by Gasteiger charge is -2.15. The number of pyridine rings is 1. The van der Waals surface area contributed by atoms with Gasteiger partial charge in [-0.1, -0.05) is 12.1 Å². The summed E-state index contributed by atoms with van der Waals surface area (Å²) in [5.41, 5.74) is -0.422. The number of carbonyl (C=O) groups excluding carboxylic acids is 1. The molecule has 0 radical (unpaired) electrons. The van der Waals surface area contributed by atoms with E-state index >= 15 is 0 Å². The highest BCUT2D eigenvalue weighted by molar-refractivity contribution is 5.85. The zero-order chi connectivity index (χ0) is 13.9. The predicted molar refractivity (Wildman–Crippen MR) is 64.4 cm³/mol. The number of anilines is 2. The molecule has 0 aliphatic rings. The van der Waals surface area contributed by atoms with Crippen LogP contribution in [0.25, 0.3) is 0 Å². The minimum atomic E-state index is -4.46. The molecule has 1 heterocycles. The van der Waals surface area contributed by atoms with Crippen molar-refractivity contribution in [2.24, 2.45) is 0 Å². The van der Waals surface area contributed by atoms with Crippen molar-refractivity contribution in [2.75, 3.05) is 5.32 Å². The van der Waals surface area contributed by atoms with E-state index in [0.29, 0.717) is 6.29 Å². The minimum absolute atomic E-state index is 0.107. The fourth-order valence-electron chi connectivity index (χ4n) is 1.60. The number of aldehydes is 1. The average molecular weight is 266 g/mol. The third-order valence-electron chi connectivity index (χ3n) is 2.48. The molecule has 0 bridgehead atoms. The van der Waals surface area contributed by atoms with E-state index in [4.69, 9.17) is 0 Å². The molecule has 0 saturated heterocycles. The lowest BCUT2D eigenvalue weighted by molar-refractivity contribution is -0.136. The molecule has 0 atom stereocenters. The van der Waals surface area contributed by atoms with Crippen molar-refractivity contribution in [2.45, 2.75) is 6.18 Å². The zero-order valence-electron chi connectivity index (χ0n) is 9.61. The molecule has 98 valence electrons. The fraction of sp³-hybridized carbons (Fsp3) is 0.0769. The molecule has 1 aromatic carbocycles. The first-order chi connectivity index (χ1) is 9.02. The number of nitrogens with one attached hydrogen (secondary N) is 1. The van der Waals surface area contributed by atoms with Gasteiger partial charge in [-0.25, -0.2) is 0 Å². The summed E-state index contributed by atoms with van der Waals surface area (Å²) in [6.07, 6.45) is -1.25. The Morgan fingerprint density at radius 2 is 1.84 bits per heavy atom. The van der Waals surface area contributed by atoms with Crippen molar-refractivity contribution in [1.29, 1.82) is 0 Å². The van der Waals surface area contributed by atoms with E-state index in [-0.39, 0.29) is 16.9 Å². The molecule has 3 nitrogen and oxygen atoms in total. The Bertz CT molecular complexity index is 596. The number of para-hydroxylation sites is 1. The van der Waals surface area contributed by atoms with E-state index in [1.165, 1.54) is 36.7 Å². The predicted octanol–water partition coefficient (Wildman–Crippen LogP) is 3.66. The number of alkyl halides is 3. The topological polar surface area (TPSA) is 42.0 Å². The molecule has 0 amide bonds. The molecule has 0 aliphatic carbocycles. The first-order valence-corrected chi connectivity index (χ1v) is 5.35. The molecule has 1 aromatic heterocycles. The highest BCUT2D eigenvalue weighted by Gasteiger charge is 2.33. The third-order valence-corrected chi connectivity index (χ3v) is 2.48. The van der Waals surface area contributed by atoms with Gasteiger partial charge in [0.25, 0.3) is 0 Å². The van der Waals surface area contributed by atoms with Gasteiger partial charge in [-0.15, -0.1) is 0 Å².